The summed E-state index contributed by atoms with van der Waals surface area (Å²) in [5.74, 6) is -0.0963. The second kappa shape index (κ2) is 5.23. The predicted molar refractivity (Wildman–Crippen MR) is 39.6 cm³/mol. The standard InChI is InChI=1S/C7H15NO2/c1-3-4-6(9)5-7(10)8-2/h6,9H,3-5H2,1-2H3,(H,8,10). The Bertz CT molecular complexity index is 104. The normalized spacial score (nSPS) is 12.7. The molecule has 60 valence electrons. The zero-order valence-electron chi connectivity index (χ0n) is 6.55. The second-order valence-electron chi connectivity index (χ2n) is 2.32. The molecule has 0 spiro atoms. The number of carbonyl (C=O) groups excluding carboxylic acids is 1. The van der Waals surface area contributed by atoms with E-state index in [2.05, 4.69) is 5.32 Å². The number of nitrogens with one attached hydrogen (secondary N) is 1. The molecule has 2 N–H and O–H groups in total. The van der Waals surface area contributed by atoms with Crippen LogP contribution in [-0.4, -0.2) is 24.2 Å². The number of hydrogen-bond donors (Lipinski definition) is 2. The Balaban J connectivity index is 3.37. The van der Waals surface area contributed by atoms with Gasteiger partial charge in [0.1, 0.15) is 0 Å². The van der Waals surface area contributed by atoms with Crippen LogP contribution in [0.25, 0.3) is 0 Å². The summed E-state index contributed by atoms with van der Waals surface area (Å²) < 4.78 is 0. The Morgan fingerprint density at radius 1 is 1.70 bits per heavy atom. The summed E-state index contributed by atoms with van der Waals surface area (Å²) in [4.78, 5) is 10.6. The molecular weight excluding hydrogens is 130 g/mol. The van der Waals surface area contributed by atoms with Gasteiger partial charge in [-0.3, -0.25) is 4.79 Å². The van der Waals surface area contributed by atoms with Gasteiger partial charge in [0.05, 0.1) is 12.5 Å². The summed E-state index contributed by atoms with van der Waals surface area (Å²) >= 11 is 0. The van der Waals surface area contributed by atoms with Crippen molar-refractivity contribution in [1.29, 1.82) is 0 Å². The molecule has 0 rings (SSSR count). The van der Waals surface area contributed by atoms with Crippen molar-refractivity contribution in [3.8, 4) is 0 Å². The fraction of sp³-hybridized carbons (Fsp3) is 0.857. The van der Waals surface area contributed by atoms with Crippen molar-refractivity contribution >= 4 is 5.91 Å². The molecule has 10 heavy (non-hydrogen) atoms. The molecule has 0 fully saturated rings. The number of aliphatic hydroxyl groups is 1. The number of hydrogen-bond acceptors (Lipinski definition) is 2. The number of carbonyl (C=O) groups is 1. The average molecular weight is 145 g/mol. The molecule has 3 nitrogen and oxygen atoms in total. The molecular formula is C7H15NO2. The molecule has 1 unspecified atom stereocenters. The summed E-state index contributed by atoms with van der Waals surface area (Å²) in [6.07, 6.45) is 1.38. The fourth-order valence-electron chi connectivity index (χ4n) is 0.751. The lowest BCUT2D eigenvalue weighted by Gasteiger charge is -2.06. The Kier molecular flexibility index (Phi) is 4.94. The third-order valence-corrected chi connectivity index (χ3v) is 1.32. The van der Waals surface area contributed by atoms with Crippen molar-refractivity contribution in [1.82, 2.24) is 5.32 Å². The maximum atomic E-state index is 10.6. The van der Waals surface area contributed by atoms with E-state index in [1.165, 1.54) is 0 Å². The summed E-state index contributed by atoms with van der Waals surface area (Å²) in [6.45, 7) is 1.98. The Hall–Kier alpha value is -0.570. The molecule has 0 heterocycles. The minimum atomic E-state index is -0.468. The highest BCUT2D eigenvalue weighted by Crippen LogP contribution is 1.99. The molecule has 0 saturated heterocycles. The van der Waals surface area contributed by atoms with Crippen LogP contribution in [-0.2, 0) is 4.79 Å². The van der Waals surface area contributed by atoms with Crippen molar-refractivity contribution < 1.29 is 9.90 Å². The largest absolute Gasteiger partial charge is 0.393 e. The van der Waals surface area contributed by atoms with E-state index in [9.17, 15) is 4.79 Å². The molecule has 0 aromatic heterocycles. The van der Waals surface area contributed by atoms with Gasteiger partial charge < -0.3 is 10.4 Å². The Labute approximate surface area is 61.4 Å². The van der Waals surface area contributed by atoms with E-state index in [1.807, 2.05) is 6.92 Å². The smallest absolute Gasteiger partial charge is 0.222 e. The molecule has 0 aromatic rings. The zero-order valence-corrected chi connectivity index (χ0v) is 6.55. The minimum Gasteiger partial charge on any atom is -0.393 e. The van der Waals surface area contributed by atoms with Gasteiger partial charge in [-0.05, 0) is 6.42 Å². The van der Waals surface area contributed by atoms with Crippen molar-refractivity contribution in [3.63, 3.8) is 0 Å². The molecule has 0 aliphatic carbocycles. The first kappa shape index (κ1) is 9.43. The van der Waals surface area contributed by atoms with E-state index in [1.54, 1.807) is 7.05 Å². The lowest BCUT2D eigenvalue weighted by Crippen LogP contribution is -2.23. The van der Waals surface area contributed by atoms with E-state index in [4.69, 9.17) is 5.11 Å². The van der Waals surface area contributed by atoms with Crippen LogP contribution in [0.4, 0.5) is 0 Å². The third kappa shape index (κ3) is 4.32. The number of rotatable bonds is 4. The number of amides is 1. The van der Waals surface area contributed by atoms with Crippen molar-refractivity contribution in [2.45, 2.75) is 32.3 Å². The van der Waals surface area contributed by atoms with Crippen LogP contribution in [0, 0.1) is 0 Å². The summed E-state index contributed by atoms with van der Waals surface area (Å²) in [7, 11) is 1.57. The topological polar surface area (TPSA) is 49.3 Å². The molecule has 0 bridgehead atoms. The fourth-order valence-corrected chi connectivity index (χ4v) is 0.751. The van der Waals surface area contributed by atoms with Gasteiger partial charge in [0.2, 0.25) is 5.91 Å². The monoisotopic (exact) mass is 145 g/mol. The highest BCUT2D eigenvalue weighted by molar-refractivity contribution is 5.75. The zero-order chi connectivity index (χ0) is 7.98. The van der Waals surface area contributed by atoms with E-state index in [0.29, 0.717) is 6.42 Å². The van der Waals surface area contributed by atoms with Crippen LogP contribution in [0.3, 0.4) is 0 Å². The first-order valence-corrected chi connectivity index (χ1v) is 3.59. The van der Waals surface area contributed by atoms with E-state index >= 15 is 0 Å². The van der Waals surface area contributed by atoms with Crippen molar-refractivity contribution in [2.24, 2.45) is 0 Å². The van der Waals surface area contributed by atoms with E-state index in [0.717, 1.165) is 6.42 Å². The quantitative estimate of drug-likeness (QED) is 0.597. The van der Waals surface area contributed by atoms with Gasteiger partial charge in [-0.15, -0.1) is 0 Å². The van der Waals surface area contributed by atoms with Gasteiger partial charge in [-0.2, -0.15) is 0 Å². The summed E-state index contributed by atoms with van der Waals surface area (Å²) in [6, 6.07) is 0. The molecule has 0 aromatic carbocycles. The van der Waals surface area contributed by atoms with Crippen LogP contribution in [0.15, 0.2) is 0 Å². The van der Waals surface area contributed by atoms with Crippen LogP contribution in [0.5, 0.6) is 0 Å². The molecule has 3 heteroatoms. The van der Waals surface area contributed by atoms with Crippen LogP contribution in [0.1, 0.15) is 26.2 Å². The van der Waals surface area contributed by atoms with Gasteiger partial charge in [0.25, 0.3) is 0 Å². The van der Waals surface area contributed by atoms with Crippen LogP contribution >= 0.6 is 0 Å². The molecule has 1 atom stereocenters. The number of aliphatic hydroxyl groups excluding tert-OH is 1. The summed E-state index contributed by atoms with van der Waals surface area (Å²) in [5.41, 5.74) is 0. The van der Waals surface area contributed by atoms with Gasteiger partial charge in [0.15, 0.2) is 0 Å². The first-order valence-electron chi connectivity index (χ1n) is 3.59. The molecule has 1 amide bonds. The average Bonchev–Trinajstić information content (AvgIpc) is 1.88. The Morgan fingerprint density at radius 2 is 2.30 bits per heavy atom. The predicted octanol–water partition coefficient (Wildman–Crippen LogP) is 0.283. The van der Waals surface area contributed by atoms with Gasteiger partial charge in [0, 0.05) is 7.05 Å². The van der Waals surface area contributed by atoms with Crippen LogP contribution in [0.2, 0.25) is 0 Å². The molecule has 0 aliphatic heterocycles. The maximum Gasteiger partial charge on any atom is 0.222 e. The van der Waals surface area contributed by atoms with Gasteiger partial charge >= 0.3 is 0 Å². The lowest BCUT2D eigenvalue weighted by atomic mass is 10.1. The van der Waals surface area contributed by atoms with Crippen LogP contribution < -0.4 is 5.32 Å². The van der Waals surface area contributed by atoms with E-state index in [-0.39, 0.29) is 12.3 Å². The highest BCUT2D eigenvalue weighted by atomic mass is 16.3. The van der Waals surface area contributed by atoms with E-state index < -0.39 is 6.10 Å². The molecule has 0 saturated carbocycles. The lowest BCUT2D eigenvalue weighted by molar-refractivity contribution is -0.122. The third-order valence-electron chi connectivity index (χ3n) is 1.32. The van der Waals surface area contributed by atoms with Crippen molar-refractivity contribution in [3.05, 3.63) is 0 Å². The highest BCUT2D eigenvalue weighted by Gasteiger charge is 2.06. The maximum absolute atomic E-state index is 10.6. The van der Waals surface area contributed by atoms with Gasteiger partial charge in [-0.25, -0.2) is 0 Å². The van der Waals surface area contributed by atoms with Crippen molar-refractivity contribution in [2.75, 3.05) is 7.05 Å². The first-order chi connectivity index (χ1) is 4.70. The Morgan fingerprint density at radius 3 is 2.70 bits per heavy atom. The van der Waals surface area contributed by atoms with Gasteiger partial charge in [-0.1, -0.05) is 13.3 Å². The second-order valence-corrected chi connectivity index (χ2v) is 2.32. The minimum absolute atomic E-state index is 0.0963. The molecule has 0 aliphatic rings. The molecule has 0 radical (unpaired) electrons. The SMILES string of the molecule is CCCC(O)CC(=O)NC. The summed E-state index contributed by atoms with van der Waals surface area (Å²) in [5, 5.41) is 11.5.